The van der Waals surface area contributed by atoms with Crippen molar-refractivity contribution >= 4 is 29.3 Å². The van der Waals surface area contributed by atoms with Gasteiger partial charge in [0.2, 0.25) is 5.91 Å². The van der Waals surface area contributed by atoms with Gasteiger partial charge in [-0.15, -0.1) is 11.8 Å². The molecule has 0 unspecified atom stereocenters. The van der Waals surface area contributed by atoms with Gasteiger partial charge < -0.3 is 15.2 Å². The van der Waals surface area contributed by atoms with Crippen LogP contribution in [0.3, 0.4) is 0 Å². The Morgan fingerprint density at radius 1 is 1.12 bits per heavy atom. The molecule has 0 saturated heterocycles. The van der Waals surface area contributed by atoms with Crippen molar-refractivity contribution in [1.29, 1.82) is 0 Å². The molecule has 0 aliphatic rings. The van der Waals surface area contributed by atoms with Crippen LogP contribution in [0.5, 0.6) is 5.75 Å². The normalized spacial score (nSPS) is 10.4. The van der Waals surface area contributed by atoms with Gasteiger partial charge in [-0.2, -0.15) is 0 Å². The van der Waals surface area contributed by atoms with E-state index in [0.717, 1.165) is 16.2 Å². The highest BCUT2D eigenvalue weighted by atomic mass is 32.2. The molecule has 132 valence electrons. The largest absolute Gasteiger partial charge is 0.497 e. The molecule has 5 nitrogen and oxygen atoms in total. The molecule has 25 heavy (non-hydrogen) atoms. The van der Waals surface area contributed by atoms with Gasteiger partial charge in [0, 0.05) is 22.8 Å². The number of ether oxygens (including phenoxy) is 1. The average Bonchev–Trinajstić information content (AvgIpc) is 2.57. The summed E-state index contributed by atoms with van der Waals surface area (Å²) in [5, 5.41) is 12.0. The Balaban J connectivity index is 1.91. The lowest BCUT2D eigenvalue weighted by atomic mass is 10.0. The summed E-state index contributed by atoms with van der Waals surface area (Å²) in [4.78, 5) is 24.4. The first-order valence-electron chi connectivity index (χ1n) is 7.82. The van der Waals surface area contributed by atoms with Gasteiger partial charge in [0.05, 0.1) is 12.7 Å². The number of hydrogen-bond acceptors (Lipinski definition) is 4. The van der Waals surface area contributed by atoms with E-state index in [1.807, 2.05) is 31.2 Å². The van der Waals surface area contributed by atoms with E-state index < -0.39 is 5.97 Å². The summed E-state index contributed by atoms with van der Waals surface area (Å²) in [5.74, 6) is 0.299. The Morgan fingerprint density at radius 2 is 1.80 bits per heavy atom. The van der Waals surface area contributed by atoms with Crippen LogP contribution in [-0.4, -0.2) is 29.8 Å². The number of aromatic carboxylic acids is 1. The van der Waals surface area contributed by atoms with E-state index in [0.29, 0.717) is 23.4 Å². The first-order valence-corrected chi connectivity index (χ1v) is 8.80. The summed E-state index contributed by atoms with van der Waals surface area (Å²) in [5.41, 5.74) is 2.27. The summed E-state index contributed by atoms with van der Waals surface area (Å²) < 4.78 is 5.11. The zero-order valence-corrected chi connectivity index (χ0v) is 15.3. The Hall–Kier alpha value is -2.47. The van der Waals surface area contributed by atoms with Crippen LogP contribution in [0.25, 0.3) is 0 Å². The molecule has 6 heteroatoms. The van der Waals surface area contributed by atoms with Gasteiger partial charge in [0.15, 0.2) is 0 Å². The first kappa shape index (κ1) is 18.9. The number of methoxy groups -OCH3 is 1. The van der Waals surface area contributed by atoms with E-state index in [4.69, 9.17) is 4.74 Å². The van der Waals surface area contributed by atoms with Gasteiger partial charge >= 0.3 is 5.97 Å². The minimum absolute atomic E-state index is 0.135. The number of benzene rings is 2. The van der Waals surface area contributed by atoms with E-state index in [-0.39, 0.29) is 11.5 Å². The number of thioether (sulfide) groups is 1. The van der Waals surface area contributed by atoms with Gasteiger partial charge in [0.1, 0.15) is 5.75 Å². The van der Waals surface area contributed by atoms with Crippen LogP contribution in [-0.2, 0) is 4.79 Å². The van der Waals surface area contributed by atoms with Crippen LogP contribution >= 0.6 is 11.8 Å². The highest BCUT2D eigenvalue weighted by molar-refractivity contribution is 7.99. The first-order chi connectivity index (χ1) is 11.9. The Labute approximate surface area is 151 Å². The van der Waals surface area contributed by atoms with E-state index in [1.54, 1.807) is 31.9 Å². The number of hydrogen-bond donors (Lipinski definition) is 2. The van der Waals surface area contributed by atoms with Crippen LogP contribution < -0.4 is 10.1 Å². The number of amides is 1. The summed E-state index contributed by atoms with van der Waals surface area (Å²) >= 11 is 1.58. The van der Waals surface area contributed by atoms with Crippen LogP contribution in [0.1, 0.15) is 27.9 Å². The molecular weight excluding hydrogens is 338 g/mol. The number of carboxylic acid groups (broad SMARTS) is 1. The summed E-state index contributed by atoms with van der Waals surface area (Å²) in [6, 6.07) is 10.9. The SMILES string of the molecule is COc1ccc(SCCC(=O)Nc2cc(C(=O)O)c(C)cc2C)cc1. The van der Waals surface area contributed by atoms with Crippen LogP contribution in [0.4, 0.5) is 5.69 Å². The molecule has 0 fully saturated rings. The van der Waals surface area contributed by atoms with Crippen molar-refractivity contribution in [3.63, 3.8) is 0 Å². The molecule has 0 bridgehead atoms. The van der Waals surface area contributed by atoms with Crippen LogP contribution in [0, 0.1) is 13.8 Å². The van der Waals surface area contributed by atoms with Crippen molar-refractivity contribution in [2.75, 3.05) is 18.2 Å². The third-order valence-electron chi connectivity index (χ3n) is 3.73. The van der Waals surface area contributed by atoms with Crippen molar-refractivity contribution < 1.29 is 19.4 Å². The molecule has 0 spiro atoms. The predicted molar refractivity (Wildman–Crippen MR) is 99.8 cm³/mol. The molecule has 0 atom stereocenters. The van der Waals surface area contributed by atoms with Gasteiger partial charge in [0.25, 0.3) is 0 Å². The Kier molecular flexibility index (Phi) is 6.47. The molecule has 0 aliphatic heterocycles. The lowest BCUT2D eigenvalue weighted by Crippen LogP contribution is -2.14. The molecule has 2 rings (SSSR count). The third-order valence-corrected chi connectivity index (χ3v) is 4.75. The molecule has 0 saturated carbocycles. The van der Waals surface area contributed by atoms with E-state index in [1.165, 1.54) is 6.07 Å². The Bertz CT molecular complexity index is 772. The molecule has 2 N–H and O–H groups in total. The molecule has 2 aromatic rings. The summed E-state index contributed by atoms with van der Waals surface area (Å²) in [7, 11) is 1.62. The number of aryl methyl sites for hydroxylation is 2. The fourth-order valence-electron chi connectivity index (χ4n) is 2.36. The lowest BCUT2D eigenvalue weighted by Gasteiger charge is -2.11. The van der Waals surface area contributed by atoms with E-state index in [2.05, 4.69) is 5.32 Å². The van der Waals surface area contributed by atoms with Crippen molar-refractivity contribution in [2.45, 2.75) is 25.2 Å². The van der Waals surface area contributed by atoms with Gasteiger partial charge in [-0.05, 0) is 55.3 Å². The second-order valence-electron chi connectivity index (χ2n) is 5.61. The molecule has 2 aromatic carbocycles. The molecule has 0 aliphatic carbocycles. The third kappa shape index (κ3) is 5.26. The number of rotatable bonds is 7. The zero-order valence-electron chi connectivity index (χ0n) is 14.5. The maximum Gasteiger partial charge on any atom is 0.336 e. The molecule has 0 radical (unpaired) electrons. The average molecular weight is 359 g/mol. The number of carbonyl (C=O) groups is 2. The highest BCUT2D eigenvalue weighted by Crippen LogP contribution is 2.23. The lowest BCUT2D eigenvalue weighted by molar-refractivity contribution is -0.115. The maximum atomic E-state index is 12.1. The maximum absolute atomic E-state index is 12.1. The standard InChI is InChI=1S/C19H21NO4S/c1-12-10-13(2)17(11-16(12)19(22)23)20-18(21)8-9-25-15-6-4-14(24-3)5-7-15/h4-7,10-11H,8-9H2,1-3H3,(H,20,21)(H,22,23). The van der Waals surface area contributed by atoms with Crippen molar-refractivity contribution in [3.8, 4) is 5.75 Å². The van der Waals surface area contributed by atoms with Gasteiger partial charge in [-0.3, -0.25) is 4.79 Å². The number of nitrogens with one attached hydrogen (secondary N) is 1. The fourth-order valence-corrected chi connectivity index (χ4v) is 3.22. The van der Waals surface area contributed by atoms with E-state index in [9.17, 15) is 14.7 Å². The monoisotopic (exact) mass is 359 g/mol. The topological polar surface area (TPSA) is 75.6 Å². The van der Waals surface area contributed by atoms with Crippen molar-refractivity contribution in [2.24, 2.45) is 0 Å². The molecule has 0 aromatic heterocycles. The highest BCUT2D eigenvalue weighted by Gasteiger charge is 2.12. The minimum Gasteiger partial charge on any atom is -0.497 e. The summed E-state index contributed by atoms with van der Waals surface area (Å²) in [6.45, 7) is 3.59. The fraction of sp³-hybridized carbons (Fsp3) is 0.263. The van der Waals surface area contributed by atoms with Crippen LogP contribution in [0.15, 0.2) is 41.3 Å². The zero-order chi connectivity index (χ0) is 18.4. The second kappa shape index (κ2) is 8.58. The number of carbonyl (C=O) groups excluding carboxylic acids is 1. The number of anilines is 1. The van der Waals surface area contributed by atoms with Crippen molar-refractivity contribution in [3.05, 3.63) is 53.1 Å². The van der Waals surface area contributed by atoms with Gasteiger partial charge in [-0.1, -0.05) is 6.07 Å². The molecule has 0 heterocycles. The van der Waals surface area contributed by atoms with E-state index >= 15 is 0 Å². The van der Waals surface area contributed by atoms with Gasteiger partial charge in [-0.25, -0.2) is 4.79 Å². The molecule has 1 amide bonds. The molecular formula is C19H21NO4S. The summed E-state index contributed by atoms with van der Waals surface area (Å²) in [6.07, 6.45) is 0.340. The predicted octanol–water partition coefficient (Wildman–Crippen LogP) is 4.13. The van der Waals surface area contributed by atoms with Crippen LogP contribution in [0.2, 0.25) is 0 Å². The quantitative estimate of drug-likeness (QED) is 0.727. The minimum atomic E-state index is -0.997. The second-order valence-corrected chi connectivity index (χ2v) is 6.78. The Morgan fingerprint density at radius 3 is 2.40 bits per heavy atom. The smallest absolute Gasteiger partial charge is 0.336 e. The van der Waals surface area contributed by atoms with Crippen molar-refractivity contribution in [1.82, 2.24) is 0 Å². The number of carboxylic acids is 1.